The first-order chi connectivity index (χ1) is 6.11. The van der Waals surface area contributed by atoms with Gasteiger partial charge in [0.1, 0.15) is 0 Å². The average Bonchev–Trinajstić information content (AvgIpc) is 2.10. The molecule has 5 heteroatoms. The molecule has 0 aliphatic rings. The van der Waals surface area contributed by atoms with Crippen LogP contribution < -0.4 is 11.3 Å². The van der Waals surface area contributed by atoms with Crippen molar-refractivity contribution < 1.29 is 14.3 Å². The van der Waals surface area contributed by atoms with Crippen molar-refractivity contribution in [1.29, 1.82) is 0 Å². The van der Waals surface area contributed by atoms with Crippen LogP contribution in [0.2, 0.25) is 0 Å². The molecule has 0 aliphatic carbocycles. The van der Waals surface area contributed by atoms with Crippen LogP contribution in [0.15, 0.2) is 0 Å². The molecule has 0 aliphatic heterocycles. The summed E-state index contributed by atoms with van der Waals surface area (Å²) < 4.78 is 10.1. The zero-order valence-corrected chi connectivity index (χ0v) is 8.37. The molecule has 0 fully saturated rings. The minimum absolute atomic E-state index is 0.218. The van der Waals surface area contributed by atoms with Crippen molar-refractivity contribution in [1.82, 2.24) is 5.43 Å². The number of rotatable bonds is 6. The lowest BCUT2D eigenvalue weighted by molar-refractivity contribution is -0.137. The molecule has 1 amide bonds. The molecule has 3 N–H and O–H groups in total. The van der Waals surface area contributed by atoms with Crippen molar-refractivity contribution in [3.05, 3.63) is 0 Å². The Morgan fingerprint density at radius 3 is 2.46 bits per heavy atom. The predicted molar refractivity (Wildman–Crippen MR) is 48.8 cm³/mol. The lowest BCUT2D eigenvalue weighted by Gasteiger charge is -2.16. The van der Waals surface area contributed by atoms with Crippen LogP contribution in [-0.2, 0) is 14.3 Å². The fourth-order valence-electron chi connectivity index (χ4n) is 0.752. The third-order valence-electron chi connectivity index (χ3n) is 1.38. The Labute approximate surface area is 78.5 Å². The zero-order chi connectivity index (χ0) is 10.3. The van der Waals surface area contributed by atoms with E-state index < -0.39 is 6.10 Å². The van der Waals surface area contributed by atoms with Gasteiger partial charge in [0.15, 0.2) is 6.10 Å². The SMILES string of the molecule is COCC(OCC(C)C)C(=O)NN. The van der Waals surface area contributed by atoms with Crippen LogP contribution in [0, 0.1) is 5.92 Å². The largest absolute Gasteiger partial charge is 0.381 e. The molecule has 0 bridgehead atoms. The summed E-state index contributed by atoms with van der Waals surface area (Å²) in [6.07, 6.45) is -0.614. The minimum atomic E-state index is -0.614. The molecule has 0 rings (SSSR count). The maximum absolute atomic E-state index is 11.1. The Morgan fingerprint density at radius 1 is 1.46 bits per heavy atom. The topological polar surface area (TPSA) is 73.6 Å². The van der Waals surface area contributed by atoms with E-state index in [1.807, 2.05) is 19.3 Å². The second-order valence-corrected chi connectivity index (χ2v) is 3.18. The molecule has 13 heavy (non-hydrogen) atoms. The molecule has 1 atom stereocenters. The highest BCUT2D eigenvalue weighted by Gasteiger charge is 2.17. The molecular weight excluding hydrogens is 172 g/mol. The molecule has 0 saturated carbocycles. The van der Waals surface area contributed by atoms with Crippen molar-refractivity contribution in [3.8, 4) is 0 Å². The lowest BCUT2D eigenvalue weighted by Crippen LogP contribution is -2.43. The summed E-state index contributed by atoms with van der Waals surface area (Å²) in [6, 6.07) is 0. The van der Waals surface area contributed by atoms with Crippen LogP contribution in [0.5, 0.6) is 0 Å². The number of carbonyl (C=O) groups is 1. The third-order valence-corrected chi connectivity index (χ3v) is 1.38. The third kappa shape index (κ3) is 5.57. The summed E-state index contributed by atoms with van der Waals surface area (Å²) in [6.45, 7) is 4.74. The van der Waals surface area contributed by atoms with Crippen LogP contribution in [0.3, 0.4) is 0 Å². The van der Waals surface area contributed by atoms with Gasteiger partial charge in [0, 0.05) is 7.11 Å². The smallest absolute Gasteiger partial charge is 0.265 e. The van der Waals surface area contributed by atoms with E-state index in [0.717, 1.165) is 0 Å². The highest BCUT2D eigenvalue weighted by atomic mass is 16.5. The molecule has 0 aromatic heterocycles. The van der Waals surface area contributed by atoms with Gasteiger partial charge in [0.05, 0.1) is 13.2 Å². The Morgan fingerprint density at radius 2 is 2.08 bits per heavy atom. The first-order valence-electron chi connectivity index (χ1n) is 4.22. The van der Waals surface area contributed by atoms with Gasteiger partial charge >= 0.3 is 0 Å². The predicted octanol–water partition coefficient (Wildman–Crippen LogP) is -0.336. The Balaban J connectivity index is 3.86. The van der Waals surface area contributed by atoms with Gasteiger partial charge in [0.25, 0.3) is 5.91 Å². The maximum Gasteiger partial charge on any atom is 0.265 e. The second kappa shape index (κ2) is 6.82. The van der Waals surface area contributed by atoms with E-state index in [-0.39, 0.29) is 12.5 Å². The number of nitrogens with two attached hydrogens (primary N) is 1. The second-order valence-electron chi connectivity index (χ2n) is 3.18. The molecular formula is C8H18N2O3. The van der Waals surface area contributed by atoms with E-state index in [1.165, 1.54) is 7.11 Å². The van der Waals surface area contributed by atoms with Gasteiger partial charge in [-0.1, -0.05) is 13.8 Å². The van der Waals surface area contributed by atoms with Crippen molar-refractivity contribution in [3.63, 3.8) is 0 Å². The first-order valence-corrected chi connectivity index (χ1v) is 4.22. The van der Waals surface area contributed by atoms with Crippen molar-refractivity contribution in [2.75, 3.05) is 20.3 Å². The lowest BCUT2D eigenvalue weighted by atomic mass is 10.2. The molecule has 0 aromatic rings. The van der Waals surface area contributed by atoms with Crippen LogP contribution in [0.25, 0.3) is 0 Å². The number of carbonyl (C=O) groups excluding carboxylic acids is 1. The van der Waals surface area contributed by atoms with Gasteiger partial charge < -0.3 is 9.47 Å². The summed E-state index contributed by atoms with van der Waals surface area (Å²) in [5.41, 5.74) is 2.03. The molecule has 78 valence electrons. The monoisotopic (exact) mass is 190 g/mol. The van der Waals surface area contributed by atoms with Crippen LogP contribution in [-0.4, -0.2) is 32.3 Å². The number of hydrogen-bond acceptors (Lipinski definition) is 4. The van der Waals surface area contributed by atoms with E-state index in [4.69, 9.17) is 15.3 Å². The normalized spacial score (nSPS) is 13.0. The maximum atomic E-state index is 11.1. The van der Waals surface area contributed by atoms with Crippen LogP contribution in [0.4, 0.5) is 0 Å². The van der Waals surface area contributed by atoms with E-state index >= 15 is 0 Å². The van der Waals surface area contributed by atoms with Crippen molar-refractivity contribution in [2.45, 2.75) is 20.0 Å². The number of nitrogens with one attached hydrogen (secondary N) is 1. The Hall–Kier alpha value is -0.650. The van der Waals surface area contributed by atoms with E-state index in [2.05, 4.69) is 0 Å². The molecule has 1 unspecified atom stereocenters. The first kappa shape index (κ1) is 12.3. The average molecular weight is 190 g/mol. The van der Waals surface area contributed by atoms with Gasteiger partial charge in [-0.2, -0.15) is 0 Å². The molecule has 0 saturated heterocycles. The van der Waals surface area contributed by atoms with Crippen LogP contribution >= 0.6 is 0 Å². The van der Waals surface area contributed by atoms with Crippen molar-refractivity contribution >= 4 is 5.91 Å². The summed E-state index contributed by atoms with van der Waals surface area (Å²) >= 11 is 0. The molecule has 5 nitrogen and oxygen atoms in total. The zero-order valence-electron chi connectivity index (χ0n) is 8.37. The van der Waals surface area contributed by atoms with Gasteiger partial charge in [-0.25, -0.2) is 5.84 Å². The number of hydrazine groups is 1. The fraction of sp³-hybridized carbons (Fsp3) is 0.875. The summed E-state index contributed by atoms with van der Waals surface area (Å²) in [5, 5.41) is 0. The summed E-state index contributed by atoms with van der Waals surface area (Å²) in [5.74, 6) is 5.00. The minimum Gasteiger partial charge on any atom is -0.381 e. The highest BCUT2D eigenvalue weighted by molar-refractivity contribution is 5.80. The Bertz CT molecular complexity index is 150. The molecule has 0 heterocycles. The van der Waals surface area contributed by atoms with E-state index in [1.54, 1.807) is 0 Å². The van der Waals surface area contributed by atoms with E-state index in [0.29, 0.717) is 12.5 Å². The van der Waals surface area contributed by atoms with E-state index in [9.17, 15) is 4.79 Å². The number of ether oxygens (including phenoxy) is 2. The Kier molecular flexibility index (Phi) is 6.48. The van der Waals surface area contributed by atoms with Gasteiger partial charge in [-0.05, 0) is 5.92 Å². The summed E-state index contributed by atoms with van der Waals surface area (Å²) in [4.78, 5) is 11.1. The highest BCUT2D eigenvalue weighted by Crippen LogP contribution is 1.98. The summed E-state index contributed by atoms with van der Waals surface area (Å²) in [7, 11) is 1.51. The van der Waals surface area contributed by atoms with Crippen LogP contribution in [0.1, 0.15) is 13.8 Å². The standard InChI is InChI=1S/C8H18N2O3/c1-6(2)4-13-7(5-12-3)8(11)10-9/h6-7H,4-5,9H2,1-3H3,(H,10,11). The molecule has 0 spiro atoms. The van der Waals surface area contributed by atoms with Gasteiger partial charge in [-0.15, -0.1) is 0 Å². The quantitative estimate of drug-likeness (QED) is 0.341. The number of hydrogen-bond donors (Lipinski definition) is 2. The fourth-order valence-corrected chi connectivity index (χ4v) is 0.752. The number of methoxy groups -OCH3 is 1. The number of amides is 1. The van der Waals surface area contributed by atoms with Crippen molar-refractivity contribution in [2.24, 2.45) is 11.8 Å². The van der Waals surface area contributed by atoms with Gasteiger partial charge in [-0.3, -0.25) is 10.2 Å². The molecule has 0 radical (unpaired) electrons. The molecule has 0 aromatic carbocycles. The van der Waals surface area contributed by atoms with Gasteiger partial charge in [0.2, 0.25) is 0 Å².